The number of pyridine rings is 1. The zero-order chi connectivity index (χ0) is 20.9. The van der Waals surface area contributed by atoms with Gasteiger partial charge < -0.3 is 19.4 Å². The van der Waals surface area contributed by atoms with Crippen molar-refractivity contribution >= 4 is 11.6 Å². The maximum atomic E-state index is 13.0. The minimum absolute atomic E-state index is 0.127. The first kappa shape index (κ1) is 19.8. The maximum Gasteiger partial charge on any atom is 0.261 e. The normalized spacial score (nSPS) is 12.7. The van der Waals surface area contributed by atoms with Crippen molar-refractivity contribution in [3.63, 3.8) is 0 Å². The van der Waals surface area contributed by atoms with Gasteiger partial charge in [-0.05, 0) is 49.1 Å². The molecule has 0 unspecified atom stereocenters. The van der Waals surface area contributed by atoms with Crippen molar-refractivity contribution in [2.24, 2.45) is 0 Å². The summed E-state index contributed by atoms with van der Waals surface area (Å²) >= 11 is 0. The molecule has 0 aliphatic carbocycles. The number of fused-ring (bicyclic) bond motifs is 1. The van der Waals surface area contributed by atoms with Crippen molar-refractivity contribution in [3.05, 3.63) is 87.8 Å². The predicted octanol–water partition coefficient (Wildman–Crippen LogP) is 4.02. The summed E-state index contributed by atoms with van der Waals surface area (Å²) in [6.07, 6.45) is 2.56. The van der Waals surface area contributed by atoms with Crippen LogP contribution in [0, 0.1) is 0 Å². The van der Waals surface area contributed by atoms with E-state index in [2.05, 4.69) is 5.32 Å². The number of carbonyl (C=O) groups excluding carboxylic acids is 1. The smallest absolute Gasteiger partial charge is 0.261 e. The summed E-state index contributed by atoms with van der Waals surface area (Å²) in [7, 11) is 1.48. The van der Waals surface area contributed by atoms with Crippen LogP contribution in [0.1, 0.15) is 34.5 Å². The zero-order valence-corrected chi connectivity index (χ0v) is 16.9. The third-order valence-corrected chi connectivity index (χ3v) is 5.23. The molecule has 0 bridgehead atoms. The van der Waals surface area contributed by atoms with Crippen molar-refractivity contribution in [1.82, 2.24) is 4.57 Å². The number of hydrogen-bond donors (Lipinski definition) is 1. The van der Waals surface area contributed by atoms with Crippen molar-refractivity contribution < 1.29 is 14.3 Å². The number of hydrogen-bond acceptors (Lipinski definition) is 4. The number of anilines is 1. The van der Waals surface area contributed by atoms with Crippen LogP contribution in [0.15, 0.2) is 65.5 Å². The number of ether oxygens (including phenoxy) is 2. The van der Waals surface area contributed by atoms with Crippen LogP contribution in [0.25, 0.3) is 0 Å². The van der Waals surface area contributed by atoms with E-state index >= 15 is 0 Å². The summed E-state index contributed by atoms with van der Waals surface area (Å²) in [5.74, 6) is 0.752. The summed E-state index contributed by atoms with van der Waals surface area (Å²) in [6, 6.07) is 18.6. The van der Waals surface area contributed by atoms with E-state index in [1.54, 1.807) is 16.7 Å². The second-order valence-electron chi connectivity index (χ2n) is 7.23. The molecule has 6 heteroatoms. The number of amides is 1. The highest BCUT2D eigenvalue weighted by Crippen LogP contribution is 2.26. The van der Waals surface area contributed by atoms with Gasteiger partial charge in [0.2, 0.25) is 0 Å². The number of nitrogens with one attached hydrogen (secondary N) is 1. The Morgan fingerprint density at radius 2 is 1.83 bits per heavy atom. The van der Waals surface area contributed by atoms with Crippen molar-refractivity contribution in [2.45, 2.75) is 32.4 Å². The Morgan fingerprint density at radius 3 is 2.57 bits per heavy atom. The monoisotopic (exact) mass is 404 g/mol. The number of carbonyl (C=O) groups is 1. The first-order valence-electron chi connectivity index (χ1n) is 10.0. The Bertz CT molecular complexity index is 1090. The average molecular weight is 404 g/mol. The molecule has 4 rings (SSSR count). The first-order chi connectivity index (χ1) is 14.7. The van der Waals surface area contributed by atoms with E-state index in [1.165, 1.54) is 13.2 Å². The lowest BCUT2D eigenvalue weighted by atomic mass is 10.0. The van der Waals surface area contributed by atoms with Crippen molar-refractivity contribution in [2.75, 3.05) is 12.4 Å². The van der Waals surface area contributed by atoms with Gasteiger partial charge in [0.25, 0.3) is 11.5 Å². The van der Waals surface area contributed by atoms with E-state index in [1.807, 2.05) is 42.5 Å². The SMILES string of the molecule is COc1cc(=O)n2c(c1C(=O)Nc1ccc(OCc3ccccc3)cc1)CCCC2. The van der Waals surface area contributed by atoms with Gasteiger partial charge >= 0.3 is 0 Å². The van der Waals surface area contributed by atoms with E-state index in [-0.39, 0.29) is 11.5 Å². The van der Waals surface area contributed by atoms with Crippen LogP contribution in [0.3, 0.4) is 0 Å². The molecule has 0 saturated heterocycles. The van der Waals surface area contributed by atoms with Gasteiger partial charge in [0.05, 0.1) is 7.11 Å². The Hall–Kier alpha value is -3.54. The fraction of sp³-hybridized carbons (Fsp3) is 0.250. The molecular formula is C24H24N2O4. The first-order valence-corrected chi connectivity index (χ1v) is 10.0. The van der Waals surface area contributed by atoms with Gasteiger partial charge in [-0.1, -0.05) is 30.3 Å². The zero-order valence-electron chi connectivity index (χ0n) is 16.9. The molecule has 0 fully saturated rings. The number of methoxy groups -OCH3 is 1. The van der Waals surface area contributed by atoms with E-state index in [4.69, 9.17) is 9.47 Å². The lowest BCUT2D eigenvalue weighted by Crippen LogP contribution is -2.30. The molecule has 0 radical (unpaired) electrons. The molecule has 2 aromatic carbocycles. The molecule has 30 heavy (non-hydrogen) atoms. The third-order valence-electron chi connectivity index (χ3n) is 5.23. The van der Waals surface area contributed by atoms with Crippen LogP contribution in [0.2, 0.25) is 0 Å². The second kappa shape index (κ2) is 8.86. The van der Waals surface area contributed by atoms with Crippen molar-refractivity contribution in [3.8, 4) is 11.5 Å². The summed E-state index contributed by atoms with van der Waals surface area (Å²) in [4.78, 5) is 25.4. The fourth-order valence-electron chi connectivity index (χ4n) is 3.71. The lowest BCUT2D eigenvalue weighted by Gasteiger charge is -2.22. The minimum Gasteiger partial charge on any atom is -0.496 e. The number of nitrogens with zero attached hydrogens (tertiary/aromatic N) is 1. The van der Waals surface area contributed by atoms with E-state index < -0.39 is 0 Å². The molecule has 1 aliphatic rings. The van der Waals surface area contributed by atoms with Crippen LogP contribution in [-0.2, 0) is 19.6 Å². The highest BCUT2D eigenvalue weighted by molar-refractivity contribution is 6.07. The summed E-state index contributed by atoms with van der Waals surface area (Å²) < 4.78 is 12.8. The van der Waals surface area contributed by atoms with Gasteiger partial charge in [0.1, 0.15) is 23.7 Å². The van der Waals surface area contributed by atoms with Gasteiger partial charge in [0.15, 0.2) is 0 Å². The number of rotatable bonds is 6. The molecule has 3 aromatic rings. The van der Waals surface area contributed by atoms with Gasteiger partial charge in [-0.2, -0.15) is 0 Å². The molecule has 154 valence electrons. The molecule has 1 N–H and O–H groups in total. The fourth-order valence-corrected chi connectivity index (χ4v) is 3.71. The van der Waals surface area contributed by atoms with Gasteiger partial charge in [-0.15, -0.1) is 0 Å². The van der Waals surface area contributed by atoms with Crippen LogP contribution >= 0.6 is 0 Å². The minimum atomic E-state index is -0.282. The Balaban J connectivity index is 1.50. The number of benzene rings is 2. The van der Waals surface area contributed by atoms with E-state index in [9.17, 15) is 9.59 Å². The molecular weight excluding hydrogens is 380 g/mol. The molecule has 6 nitrogen and oxygen atoms in total. The predicted molar refractivity (Wildman–Crippen MR) is 115 cm³/mol. The third kappa shape index (κ3) is 4.22. The van der Waals surface area contributed by atoms with E-state index in [0.717, 1.165) is 29.8 Å². The van der Waals surface area contributed by atoms with Crippen LogP contribution in [-0.4, -0.2) is 17.6 Å². The molecule has 2 heterocycles. The second-order valence-corrected chi connectivity index (χ2v) is 7.23. The molecule has 0 atom stereocenters. The molecule has 0 spiro atoms. The Labute approximate surface area is 175 Å². The van der Waals surface area contributed by atoms with Crippen LogP contribution < -0.4 is 20.3 Å². The van der Waals surface area contributed by atoms with Crippen LogP contribution in [0.5, 0.6) is 11.5 Å². The standard InChI is InChI=1S/C24H24N2O4/c1-29-21-15-22(27)26-14-6-5-9-20(26)23(21)24(28)25-18-10-12-19(13-11-18)30-16-17-7-3-2-4-8-17/h2-4,7-8,10-13,15H,5-6,9,14,16H2,1H3,(H,25,28). The topological polar surface area (TPSA) is 69.6 Å². The van der Waals surface area contributed by atoms with E-state index in [0.29, 0.717) is 36.6 Å². The molecule has 1 aromatic heterocycles. The van der Waals surface area contributed by atoms with Gasteiger partial charge in [-0.3, -0.25) is 9.59 Å². The van der Waals surface area contributed by atoms with Crippen LogP contribution in [0.4, 0.5) is 5.69 Å². The van der Waals surface area contributed by atoms with Gasteiger partial charge in [0, 0.05) is 24.0 Å². The highest BCUT2D eigenvalue weighted by atomic mass is 16.5. The summed E-state index contributed by atoms with van der Waals surface area (Å²) in [5, 5.41) is 2.91. The molecule has 0 saturated carbocycles. The highest BCUT2D eigenvalue weighted by Gasteiger charge is 2.24. The summed E-state index contributed by atoms with van der Waals surface area (Å²) in [5.41, 5.74) is 2.78. The largest absolute Gasteiger partial charge is 0.496 e. The average Bonchev–Trinajstić information content (AvgIpc) is 2.79. The molecule has 1 aliphatic heterocycles. The molecule has 1 amide bonds. The Morgan fingerprint density at radius 1 is 1.07 bits per heavy atom. The quantitative estimate of drug-likeness (QED) is 0.674. The maximum absolute atomic E-state index is 13.0. The van der Waals surface area contributed by atoms with Crippen molar-refractivity contribution in [1.29, 1.82) is 0 Å². The van der Waals surface area contributed by atoms with Gasteiger partial charge in [-0.25, -0.2) is 0 Å². The lowest BCUT2D eigenvalue weighted by molar-refractivity contribution is 0.102. The summed E-state index contributed by atoms with van der Waals surface area (Å²) in [6.45, 7) is 1.11. The Kier molecular flexibility index (Phi) is 5.84. The number of aromatic nitrogens is 1.